The molecule has 0 aromatic rings. The molecule has 1 N–H and O–H groups in total. The molecule has 1 amide bonds. The van der Waals surface area contributed by atoms with Gasteiger partial charge >= 0.3 is 6.09 Å². The first-order valence-electron chi connectivity index (χ1n) is 8.55. The van der Waals surface area contributed by atoms with E-state index in [4.69, 9.17) is 4.74 Å². The van der Waals surface area contributed by atoms with Crippen molar-refractivity contribution in [1.29, 1.82) is 0 Å². The van der Waals surface area contributed by atoms with Crippen LogP contribution < -0.4 is 5.32 Å². The average Bonchev–Trinajstić information content (AvgIpc) is 2.83. The molecule has 0 aromatic carbocycles. The SMILES string of the molecule is CCC1(CCCI)CCC=C1CCCNC(=O)OC(C)(C)C. The Morgan fingerprint density at radius 2 is 2.14 bits per heavy atom. The maximum atomic E-state index is 11.6. The third-order valence-electron chi connectivity index (χ3n) is 4.45. The van der Waals surface area contributed by atoms with Gasteiger partial charge in [0.1, 0.15) is 5.60 Å². The van der Waals surface area contributed by atoms with Crippen molar-refractivity contribution in [1.82, 2.24) is 5.32 Å². The number of alkyl carbamates (subject to hydrolysis) is 1. The molecule has 1 rings (SSSR count). The van der Waals surface area contributed by atoms with E-state index in [0.717, 1.165) is 12.8 Å². The molecule has 0 aliphatic heterocycles. The highest BCUT2D eigenvalue weighted by Gasteiger charge is 2.34. The van der Waals surface area contributed by atoms with Gasteiger partial charge in [0.15, 0.2) is 0 Å². The van der Waals surface area contributed by atoms with Crippen LogP contribution in [-0.4, -0.2) is 22.7 Å². The van der Waals surface area contributed by atoms with E-state index >= 15 is 0 Å². The zero-order valence-corrected chi connectivity index (χ0v) is 16.8. The van der Waals surface area contributed by atoms with Gasteiger partial charge in [0.05, 0.1) is 0 Å². The lowest BCUT2D eigenvalue weighted by Gasteiger charge is -2.32. The Kier molecular flexibility index (Phi) is 8.22. The normalized spacial score (nSPS) is 21.6. The summed E-state index contributed by atoms with van der Waals surface area (Å²) in [6.45, 7) is 8.68. The number of rotatable bonds is 8. The molecule has 0 heterocycles. The molecule has 0 fully saturated rings. The van der Waals surface area contributed by atoms with Crippen molar-refractivity contribution in [3.63, 3.8) is 0 Å². The van der Waals surface area contributed by atoms with Crippen molar-refractivity contribution in [2.24, 2.45) is 5.41 Å². The van der Waals surface area contributed by atoms with Gasteiger partial charge in [0.2, 0.25) is 0 Å². The fraction of sp³-hybridized carbons (Fsp3) is 0.833. The number of hydrogen-bond acceptors (Lipinski definition) is 2. The smallest absolute Gasteiger partial charge is 0.407 e. The summed E-state index contributed by atoms with van der Waals surface area (Å²) in [4.78, 5) is 11.6. The summed E-state index contributed by atoms with van der Waals surface area (Å²) >= 11 is 2.48. The van der Waals surface area contributed by atoms with E-state index in [1.807, 2.05) is 20.8 Å². The Morgan fingerprint density at radius 1 is 1.41 bits per heavy atom. The molecule has 0 radical (unpaired) electrons. The highest BCUT2D eigenvalue weighted by molar-refractivity contribution is 14.1. The average molecular weight is 421 g/mol. The van der Waals surface area contributed by atoms with Gasteiger partial charge in [-0.3, -0.25) is 0 Å². The maximum absolute atomic E-state index is 11.6. The second-order valence-electron chi connectivity index (χ2n) is 7.23. The molecule has 0 bridgehead atoms. The molecule has 1 atom stereocenters. The molecule has 0 saturated heterocycles. The highest BCUT2D eigenvalue weighted by Crippen LogP contribution is 2.47. The van der Waals surface area contributed by atoms with E-state index in [-0.39, 0.29) is 6.09 Å². The molecule has 22 heavy (non-hydrogen) atoms. The number of ether oxygens (including phenoxy) is 1. The fourth-order valence-corrected chi connectivity index (χ4v) is 3.70. The third kappa shape index (κ3) is 6.47. The fourth-order valence-electron chi connectivity index (χ4n) is 3.32. The van der Waals surface area contributed by atoms with Crippen molar-refractivity contribution < 1.29 is 9.53 Å². The van der Waals surface area contributed by atoms with Crippen LogP contribution in [-0.2, 0) is 4.74 Å². The molecule has 3 nitrogen and oxygen atoms in total. The number of nitrogens with one attached hydrogen (secondary N) is 1. The van der Waals surface area contributed by atoms with Crippen molar-refractivity contribution in [3.8, 4) is 0 Å². The number of halogens is 1. The van der Waals surface area contributed by atoms with Gasteiger partial charge in [-0.2, -0.15) is 0 Å². The van der Waals surface area contributed by atoms with Crippen LogP contribution in [0, 0.1) is 5.41 Å². The summed E-state index contributed by atoms with van der Waals surface area (Å²) in [7, 11) is 0. The number of hydrogen-bond donors (Lipinski definition) is 1. The van der Waals surface area contributed by atoms with Gasteiger partial charge in [0, 0.05) is 6.54 Å². The van der Waals surface area contributed by atoms with Gasteiger partial charge in [-0.15, -0.1) is 0 Å². The van der Waals surface area contributed by atoms with Crippen molar-refractivity contribution in [3.05, 3.63) is 11.6 Å². The molecule has 0 saturated carbocycles. The number of carbonyl (C=O) groups excluding carboxylic acids is 1. The quantitative estimate of drug-likeness (QED) is 0.239. The van der Waals surface area contributed by atoms with Gasteiger partial charge in [-0.25, -0.2) is 4.79 Å². The van der Waals surface area contributed by atoms with Crippen LogP contribution in [0.25, 0.3) is 0 Å². The van der Waals surface area contributed by atoms with E-state index in [1.165, 1.54) is 36.5 Å². The van der Waals surface area contributed by atoms with Crippen LogP contribution in [0.1, 0.15) is 72.6 Å². The number of allylic oxidation sites excluding steroid dienone is 2. The largest absolute Gasteiger partial charge is 0.444 e. The first kappa shape index (κ1) is 19.8. The Labute approximate surface area is 149 Å². The second kappa shape index (κ2) is 9.14. The topological polar surface area (TPSA) is 38.3 Å². The molecule has 1 unspecified atom stereocenters. The molecule has 1 aliphatic rings. The third-order valence-corrected chi connectivity index (χ3v) is 5.21. The molecule has 128 valence electrons. The molecular weight excluding hydrogens is 389 g/mol. The van der Waals surface area contributed by atoms with Crippen LogP contribution in [0.5, 0.6) is 0 Å². The minimum atomic E-state index is -0.422. The Balaban J connectivity index is 2.36. The standard InChI is InChI=1S/C18H32INO2/c1-5-18(12-8-13-19)11-6-9-15(18)10-7-14-20-16(21)22-17(2,3)4/h9H,5-8,10-14H2,1-4H3,(H,20,21). The first-order valence-corrected chi connectivity index (χ1v) is 10.1. The van der Waals surface area contributed by atoms with E-state index in [2.05, 4.69) is 40.9 Å². The van der Waals surface area contributed by atoms with Gasteiger partial charge < -0.3 is 10.1 Å². The Morgan fingerprint density at radius 3 is 2.73 bits per heavy atom. The van der Waals surface area contributed by atoms with Crippen LogP contribution in [0.4, 0.5) is 4.79 Å². The van der Waals surface area contributed by atoms with E-state index in [0.29, 0.717) is 12.0 Å². The molecule has 1 aliphatic carbocycles. The summed E-state index contributed by atoms with van der Waals surface area (Å²) in [5.41, 5.74) is 1.65. The minimum absolute atomic E-state index is 0.306. The van der Waals surface area contributed by atoms with Gasteiger partial charge in [-0.05, 0) is 75.6 Å². The summed E-state index contributed by atoms with van der Waals surface area (Å²) in [6.07, 6.45) is 10.7. The molecule has 0 aromatic heterocycles. The maximum Gasteiger partial charge on any atom is 0.407 e. The molecule has 0 spiro atoms. The van der Waals surface area contributed by atoms with Crippen molar-refractivity contribution in [2.75, 3.05) is 11.0 Å². The van der Waals surface area contributed by atoms with Crippen molar-refractivity contribution in [2.45, 2.75) is 78.2 Å². The van der Waals surface area contributed by atoms with Crippen LogP contribution in [0.15, 0.2) is 11.6 Å². The molecule has 4 heteroatoms. The number of carbonyl (C=O) groups is 1. The lowest BCUT2D eigenvalue weighted by molar-refractivity contribution is 0.0527. The summed E-state index contributed by atoms with van der Waals surface area (Å²) in [5.74, 6) is 0. The monoisotopic (exact) mass is 421 g/mol. The van der Waals surface area contributed by atoms with Gasteiger partial charge in [0.25, 0.3) is 0 Å². The lowest BCUT2D eigenvalue weighted by atomic mass is 9.73. The Bertz CT molecular complexity index is 387. The highest BCUT2D eigenvalue weighted by atomic mass is 127. The Hall–Kier alpha value is -0.260. The lowest BCUT2D eigenvalue weighted by Crippen LogP contribution is -2.33. The van der Waals surface area contributed by atoms with Gasteiger partial charge in [-0.1, -0.05) is 41.2 Å². The zero-order valence-electron chi connectivity index (χ0n) is 14.6. The minimum Gasteiger partial charge on any atom is -0.444 e. The van der Waals surface area contributed by atoms with E-state index in [1.54, 1.807) is 5.57 Å². The number of alkyl halides is 1. The second-order valence-corrected chi connectivity index (χ2v) is 8.31. The summed E-state index contributed by atoms with van der Waals surface area (Å²) in [5, 5.41) is 2.86. The van der Waals surface area contributed by atoms with E-state index in [9.17, 15) is 4.79 Å². The van der Waals surface area contributed by atoms with Crippen molar-refractivity contribution >= 4 is 28.7 Å². The van der Waals surface area contributed by atoms with E-state index < -0.39 is 5.60 Å². The summed E-state index contributed by atoms with van der Waals surface area (Å²) in [6, 6.07) is 0. The predicted molar refractivity (Wildman–Crippen MR) is 102 cm³/mol. The molecular formula is C18H32INO2. The summed E-state index contributed by atoms with van der Waals surface area (Å²) < 4.78 is 6.50. The first-order chi connectivity index (χ1) is 10.3. The zero-order chi connectivity index (χ0) is 16.6. The van der Waals surface area contributed by atoms with Crippen LogP contribution in [0.2, 0.25) is 0 Å². The van der Waals surface area contributed by atoms with Crippen LogP contribution >= 0.6 is 22.6 Å². The van der Waals surface area contributed by atoms with Crippen LogP contribution in [0.3, 0.4) is 0 Å². The number of amides is 1. The predicted octanol–water partition coefficient (Wildman–Crippen LogP) is 5.62.